The molecule has 1 aromatic carbocycles. The molecule has 0 saturated carbocycles. The quantitative estimate of drug-likeness (QED) is 0.175. The topological polar surface area (TPSA) is 98.5 Å². The van der Waals surface area contributed by atoms with Crippen molar-refractivity contribution in [3.63, 3.8) is 0 Å². The van der Waals surface area contributed by atoms with Gasteiger partial charge in [-0.2, -0.15) is 0 Å². The average Bonchev–Trinajstić information content (AvgIpc) is 3.15. The largest absolute Gasteiger partial charge is 0.369 e. The number of piperidine rings is 1. The predicted molar refractivity (Wildman–Crippen MR) is 134 cm³/mol. The van der Waals surface area contributed by atoms with E-state index < -0.39 is 0 Å². The van der Waals surface area contributed by atoms with Crippen LogP contribution in [0.15, 0.2) is 35.5 Å². The van der Waals surface area contributed by atoms with Gasteiger partial charge >= 0.3 is 0 Å². The first kappa shape index (κ1) is 24.5. The number of H-pyrrole nitrogens is 1. The summed E-state index contributed by atoms with van der Waals surface area (Å²) in [6, 6.07) is 8.39. The van der Waals surface area contributed by atoms with Crippen LogP contribution in [0.5, 0.6) is 0 Å². The van der Waals surface area contributed by atoms with E-state index in [2.05, 4.69) is 56.0 Å². The Morgan fingerprint density at radius 1 is 1.20 bits per heavy atom. The zero-order chi connectivity index (χ0) is 20.5. The van der Waals surface area contributed by atoms with Gasteiger partial charge in [-0.15, -0.1) is 24.0 Å². The number of nitrogens with two attached hydrogens (primary N) is 1. The summed E-state index contributed by atoms with van der Waals surface area (Å²) in [5.74, 6) is 0.788. The molecule has 0 bridgehead atoms. The van der Waals surface area contributed by atoms with Gasteiger partial charge in [0.2, 0.25) is 5.91 Å². The summed E-state index contributed by atoms with van der Waals surface area (Å²) in [6.45, 7) is 4.80. The van der Waals surface area contributed by atoms with Gasteiger partial charge in [0, 0.05) is 43.2 Å². The highest BCUT2D eigenvalue weighted by molar-refractivity contribution is 14.0. The lowest BCUT2D eigenvalue weighted by molar-refractivity contribution is -0.123. The highest BCUT2D eigenvalue weighted by Gasteiger charge is 2.22. The van der Waals surface area contributed by atoms with Crippen LogP contribution in [0.1, 0.15) is 31.2 Å². The van der Waals surface area contributed by atoms with E-state index in [0.29, 0.717) is 0 Å². The molecule has 8 heteroatoms. The lowest BCUT2D eigenvalue weighted by atomic mass is 9.96. The van der Waals surface area contributed by atoms with Crippen LogP contribution in [0, 0.1) is 5.92 Å². The van der Waals surface area contributed by atoms with E-state index in [-0.39, 0.29) is 35.8 Å². The van der Waals surface area contributed by atoms with E-state index >= 15 is 0 Å². The minimum atomic E-state index is -0.141. The summed E-state index contributed by atoms with van der Waals surface area (Å²) in [4.78, 5) is 21.3. The van der Waals surface area contributed by atoms with Crippen LogP contribution >= 0.6 is 24.0 Å². The zero-order valence-electron chi connectivity index (χ0n) is 17.8. The van der Waals surface area contributed by atoms with Gasteiger partial charge in [-0.3, -0.25) is 9.79 Å². The molecule has 166 valence electrons. The van der Waals surface area contributed by atoms with Crippen LogP contribution in [0.3, 0.4) is 0 Å². The number of fused-ring (bicyclic) bond motifs is 1. The number of rotatable bonds is 9. The number of nitrogens with one attached hydrogen (secondary N) is 3. The van der Waals surface area contributed by atoms with Crippen molar-refractivity contribution < 1.29 is 4.79 Å². The number of primary amides is 1. The van der Waals surface area contributed by atoms with Gasteiger partial charge in [0.05, 0.1) is 0 Å². The Morgan fingerprint density at radius 3 is 2.67 bits per heavy atom. The third-order valence-corrected chi connectivity index (χ3v) is 5.77. The maximum Gasteiger partial charge on any atom is 0.220 e. The number of amides is 1. The van der Waals surface area contributed by atoms with Crippen LogP contribution in [0.4, 0.5) is 0 Å². The van der Waals surface area contributed by atoms with Gasteiger partial charge in [-0.1, -0.05) is 18.2 Å². The number of benzene rings is 1. The summed E-state index contributed by atoms with van der Waals surface area (Å²) >= 11 is 0. The Bertz CT molecular complexity index is 813. The van der Waals surface area contributed by atoms with Gasteiger partial charge in [0.25, 0.3) is 0 Å². The Kier molecular flexibility index (Phi) is 10.4. The number of aliphatic imine (C=N–C) groups is 1. The standard InChI is InChI=1S/C22H34N6O.HI/c1-24-22(26-12-8-18-16-27-20-7-3-2-6-19(18)20)25-11-4-5-13-28-14-9-17(10-15-28)21(23)29;/h2-3,6-7,16-17,27H,4-5,8-15H2,1H3,(H2,23,29)(H2,24,25,26);1H. The number of aromatic amines is 1. The van der Waals surface area contributed by atoms with Crippen molar-refractivity contribution in [1.82, 2.24) is 20.5 Å². The molecular weight excluding hydrogens is 491 g/mol. The molecule has 1 amide bonds. The summed E-state index contributed by atoms with van der Waals surface area (Å²) in [5, 5.41) is 8.09. The SMILES string of the molecule is CN=C(NCCCCN1CCC(C(N)=O)CC1)NCCc1c[nH]c2ccccc12.I. The van der Waals surface area contributed by atoms with Crippen molar-refractivity contribution >= 4 is 46.7 Å². The minimum absolute atomic E-state index is 0. The van der Waals surface area contributed by atoms with Crippen LogP contribution in [-0.4, -0.2) is 61.5 Å². The smallest absolute Gasteiger partial charge is 0.220 e. The maximum absolute atomic E-state index is 11.2. The number of halogens is 1. The fourth-order valence-corrected chi connectivity index (χ4v) is 3.98. The molecule has 0 aliphatic carbocycles. The first-order valence-electron chi connectivity index (χ1n) is 10.7. The second-order valence-electron chi connectivity index (χ2n) is 7.76. The molecule has 0 spiro atoms. The van der Waals surface area contributed by atoms with Crippen LogP contribution in [0.2, 0.25) is 0 Å². The van der Waals surface area contributed by atoms with Crippen molar-refractivity contribution in [2.24, 2.45) is 16.6 Å². The molecule has 2 aromatic rings. The van der Waals surface area contributed by atoms with Crippen molar-refractivity contribution in [3.05, 3.63) is 36.0 Å². The Hall–Kier alpha value is -1.81. The summed E-state index contributed by atoms with van der Waals surface area (Å²) in [5.41, 5.74) is 7.90. The Morgan fingerprint density at radius 2 is 1.93 bits per heavy atom. The number of unbranched alkanes of at least 4 members (excludes halogenated alkanes) is 1. The first-order chi connectivity index (χ1) is 14.2. The number of nitrogens with zero attached hydrogens (tertiary/aromatic N) is 2. The summed E-state index contributed by atoms with van der Waals surface area (Å²) in [7, 11) is 1.81. The third kappa shape index (κ3) is 7.16. The summed E-state index contributed by atoms with van der Waals surface area (Å²) in [6.07, 6.45) is 7.08. The lowest BCUT2D eigenvalue weighted by Crippen LogP contribution is -2.40. The van der Waals surface area contributed by atoms with Crippen LogP contribution in [-0.2, 0) is 11.2 Å². The molecule has 3 rings (SSSR count). The van der Waals surface area contributed by atoms with E-state index in [1.54, 1.807) is 0 Å². The van der Waals surface area contributed by atoms with Crippen molar-refractivity contribution in [3.8, 4) is 0 Å². The monoisotopic (exact) mass is 526 g/mol. The van der Waals surface area contributed by atoms with Crippen LogP contribution < -0.4 is 16.4 Å². The molecule has 1 aromatic heterocycles. The normalized spacial score (nSPS) is 15.7. The van der Waals surface area contributed by atoms with Gasteiger partial charge in [0.15, 0.2) is 5.96 Å². The van der Waals surface area contributed by atoms with Gasteiger partial charge in [0.1, 0.15) is 0 Å². The number of aromatic nitrogens is 1. The molecular formula is C22H35IN6O. The van der Waals surface area contributed by atoms with E-state index in [9.17, 15) is 4.79 Å². The molecule has 1 aliphatic rings. The van der Waals surface area contributed by atoms with Gasteiger partial charge in [-0.05, 0) is 63.4 Å². The molecule has 2 heterocycles. The molecule has 7 nitrogen and oxygen atoms in total. The number of carbonyl (C=O) groups excluding carboxylic acids is 1. The molecule has 1 aliphatic heterocycles. The zero-order valence-corrected chi connectivity index (χ0v) is 20.2. The fourth-order valence-electron chi connectivity index (χ4n) is 3.98. The highest BCUT2D eigenvalue weighted by atomic mass is 127. The summed E-state index contributed by atoms with van der Waals surface area (Å²) < 4.78 is 0. The lowest BCUT2D eigenvalue weighted by Gasteiger charge is -2.30. The number of carbonyl (C=O) groups is 1. The molecule has 1 fully saturated rings. The number of hydrogen-bond donors (Lipinski definition) is 4. The van der Waals surface area contributed by atoms with Crippen molar-refractivity contribution in [1.29, 1.82) is 0 Å². The van der Waals surface area contributed by atoms with Gasteiger partial charge < -0.3 is 26.3 Å². The van der Waals surface area contributed by atoms with Crippen LogP contribution in [0.25, 0.3) is 10.9 Å². The Balaban J connectivity index is 0.00000320. The average molecular weight is 526 g/mol. The number of guanidine groups is 1. The van der Waals surface area contributed by atoms with Crippen molar-refractivity contribution in [2.45, 2.75) is 32.1 Å². The molecule has 1 saturated heterocycles. The fraction of sp³-hybridized carbons (Fsp3) is 0.545. The molecule has 0 atom stereocenters. The second-order valence-corrected chi connectivity index (χ2v) is 7.76. The number of hydrogen-bond acceptors (Lipinski definition) is 3. The molecule has 30 heavy (non-hydrogen) atoms. The first-order valence-corrected chi connectivity index (χ1v) is 10.7. The van der Waals surface area contributed by atoms with Gasteiger partial charge in [-0.25, -0.2) is 0 Å². The molecule has 0 radical (unpaired) electrons. The maximum atomic E-state index is 11.2. The number of para-hydroxylation sites is 1. The van der Waals surface area contributed by atoms with Crippen molar-refractivity contribution in [2.75, 3.05) is 39.8 Å². The third-order valence-electron chi connectivity index (χ3n) is 5.77. The molecule has 0 unspecified atom stereocenters. The highest BCUT2D eigenvalue weighted by Crippen LogP contribution is 2.18. The second kappa shape index (κ2) is 12.8. The van der Waals surface area contributed by atoms with E-state index in [4.69, 9.17) is 5.73 Å². The van der Waals surface area contributed by atoms with E-state index in [0.717, 1.165) is 70.8 Å². The minimum Gasteiger partial charge on any atom is -0.369 e. The number of likely N-dealkylation sites (tertiary alicyclic amines) is 1. The predicted octanol–water partition coefficient (Wildman–Crippen LogP) is 2.47. The Labute approximate surface area is 196 Å². The van der Waals surface area contributed by atoms with E-state index in [1.165, 1.54) is 16.5 Å². The van der Waals surface area contributed by atoms with E-state index in [1.807, 2.05) is 7.05 Å². The molecule has 5 N–H and O–H groups in total.